The van der Waals surface area contributed by atoms with Gasteiger partial charge in [-0.05, 0) is 44.5 Å². The zero-order valence-electron chi connectivity index (χ0n) is 14.4. The molecule has 2 N–H and O–H groups in total. The van der Waals surface area contributed by atoms with Crippen LogP contribution >= 0.6 is 12.4 Å². The first-order valence-electron chi connectivity index (χ1n) is 8.03. The lowest BCUT2D eigenvalue weighted by molar-refractivity contribution is -0.120. The van der Waals surface area contributed by atoms with Crippen LogP contribution in [0, 0.1) is 5.92 Å². The molecular weight excluding hydrogens is 330 g/mol. The maximum Gasteiger partial charge on any atom is 0.253 e. The minimum Gasteiger partial charge on any atom is -0.492 e. The second-order valence-corrected chi connectivity index (χ2v) is 5.88. The van der Waals surface area contributed by atoms with Gasteiger partial charge in [0.2, 0.25) is 5.91 Å². The fraction of sp³-hybridized carbons (Fsp3) is 0.529. The molecule has 0 radical (unpaired) electrons. The van der Waals surface area contributed by atoms with E-state index in [0.29, 0.717) is 30.2 Å². The first-order valence-corrected chi connectivity index (χ1v) is 8.03. The highest BCUT2D eigenvalue weighted by Crippen LogP contribution is 2.27. The Morgan fingerprint density at radius 3 is 2.71 bits per heavy atom. The minimum absolute atomic E-state index is 0. The van der Waals surface area contributed by atoms with Crippen LogP contribution in [0.3, 0.4) is 0 Å². The van der Waals surface area contributed by atoms with E-state index in [4.69, 9.17) is 4.74 Å². The van der Waals surface area contributed by atoms with E-state index in [-0.39, 0.29) is 30.1 Å². The monoisotopic (exact) mass is 355 g/mol. The molecule has 7 heteroatoms. The molecule has 0 aromatic heterocycles. The Balaban J connectivity index is 0.00000288. The lowest BCUT2D eigenvalue weighted by atomic mass is 9.98. The first kappa shape index (κ1) is 20.3. The highest BCUT2D eigenvalue weighted by Gasteiger charge is 2.22. The van der Waals surface area contributed by atoms with Gasteiger partial charge in [-0.1, -0.05) is 0 Å². The van der Waals surface area contributed by atoms with E-state index in [9.17, 15) is 9.59 Å². The van der Waals surface area contributed by atoms with Crippen molar-refractivity contribution >= 4 is 29.9 Å². The summed E-state index contributed by atoms with van der Waals surface area (Å²) in [5.41, 5.74) is 1.15. The second kappa shape index (κ2) is 9.49. The van der Waals surface area contributed by atoms with E-state index in [1.807, 2.05) is 6.92 Å². The van der Waals surface area contributed by atoms with Crippen LogP contribution in [0.5, 0.6) is 5.75 Å². The Bertz CT molecular complexity index is 572. The van der Waals surface area contributed by atoms with Crippen molar-refractivity contribution in [3.63, 3.8) is 0 Å². The number of hydrogen-bond acceptors (Lipinski definition) is 4. The summed E-state index contributed by atoms with van der Waals surface area (Å²) < 4.78 is 5.59. The molecule has 2 amide bonds. The zero-order chi connectivity index (χ0) is 16.8. The zero-order valence-corrected chi connectivity index (χ0v) is 15.2. The van der Waals surface area contributed by atoms with Crippen LogP contribution in [-0.4, -0.2) is 50.5 Å². The van der Waals surface area contributed by atoms with Crippen molar-refractivity contribution in [3.8, 4) is 5.75 Å². The van der Waals surface area contributed by atoms with Gasteiger partial charge in [-0.25, -0.2) is 0 Å². The van der Waals surface area contributed by atoms with Crippen molar-refractivity contribution in [2.24, 2.45) is 5.92 Å². The molecule has 24 heavy (non-hydrogen) atoms. The lowest BCUT2D eigenvalue weighted by Gasteiger charge is -2.22. The summed E-state index contributed by atoms with van der Waals surface area (Å²) in [6, 6.07) is 5.12. The first-order chi connectivity index (χ1) is 11.0. The summed E-state index contributed by atoms with van der Waals surface area (Å²) in [6.07, 6.45) is 1.90. The molecule has 0 aliphatic carbocycles. The maximum atomic E-state index is 12.4. The summed E-state index contributed by atoms with van der Waals surface area (Å²) in [6.45, 7) is 4.01. The maximum absolute atomic E-state index is 12.4. The minimum atomic E-state index is -0.0969. The number of carbonyl (C=O) groups excluding carboxylic acids is 2. The Kier molecular flexibility index (Phi) is 8.01. The number of ether oxygens (including phenoxy) is 1. The number of nitrogens with zero attached hydrogens (tertiary/aromatic N) is 1. The number of nitrogens with one attached hydrogen (secondary N) is 2. The molecule has 6 nitrogen and oxygen atoms in total. The molecule has 0 bridgehead atoms. The van der Waals surface area contributed by atoms with E-state index < -0.39 is 0 Å². The number of hydrogen-bond donors (Lipinski definition) is 2. The number of anilines is 1. The molecule has 1 saturated heterocycles. The van der Waals surface area contributed by atoms with Crippen LogP contribution in [0.15, 0.2) is 18.2 Å². The topological polar surface area (TPSA) is 70.7 Å². The third-order valence-corrected chi connectivity index (χ3v) is 3.86. The van der Waals surface area contributed by atoms with Gasteiger partial charge in [0.05, 0.1) is 18.2 Å². The van der Waals surface area contributed by atoms with Crippen LogP contribution < -0.4 is 15.4 Å². The molecule has 1 aliphatic rings. The standard InChI is InChI=1S/C17H25N3O3.ClH/c1-4-23-15-10-12(17(22)20(2)3)7-8-14(15)19-16(21)13-6-5-9-18-11-13;/h7-8,10,13,18H,4-6,9,11H2,1-3H3,(H,19,21);1H. The summed E-state index contributed by atoms with van der Waals surface area (Å²) in [5.74, 6) is 0.392. The van der Waals surface area contributed by atoms with Gasteiger partial charge in [0.25, 0.3) is 5.91 Å². The lowest BCUT2D eigenvalue weighted by Crippen LogP contribution is -2.37. The van der Waals surface area contributed by atoms with E-state index in [2.05, 4.69) is 10.6 Å². The highest BCUT2D eigenvalue weighted by molar-refractivity contribution is 5.97. The molecule has 1 heterocycles. The van der Waals surface area contributed by atoms with Gasteiger partial charge in [0.1, 0.15) is 5.75 Å². The fourth-order valence-electron chi connectivity index (χ4n) is 2.60. The number of halogens is 1. The smallest absolute Gasteiger partial charge is 0.253 e. The van der Waals surface area contributed by atoms with Gasteiger partial charge in [-0.2, -0.15) is 0 Å². The average molecular weight is 356 g/mol. The highest BCUT2D eigenvalue weighted by atomic mass is 35.5. The molecule has 2 rings (SSSR count). The Morgan fingerprint density at radius 2 is 2.12 bits per heavy atom. The van der Waals surface area contributed by atoms with E-state index in [1.165, 1.54) is 4.90 Å². The predicted octanol–water partition coefficient (Wildman–Crippen LogP) is 2.15. The molecule has 1 unspecified atom stereocenters. The second-order valence-electron chi connectivity index (χ2n) is 5.88. The number of benzene rings is 1. The molecule has 134 valence electrons. The van der Waals surface area contributed by atoms with Gasteiger partial charge in [0.15, 0.2) is 0 Å². The molecule has 0 saturated carbocycles. The number of amides is 2. The van der Waals surface area contributed by atoms with Crippen LogP contribution in [0.25, 0.3) is 0 Å². The van der Waals surface area contributed by atoms with Gasteiger partial charge in [-0.15, -0.1) is 12.4 Å². The third kappa shape index (κ3) is 5.11. The Morgan fingerprint density at radius 1 is 1.38 bits per heavy atom. The van der Waals surface area contributed by atoms with Crippen molar-refractivity contribution in [1.82, 2.24) is 10.2 Å². The normalized spacial score (nSPS) is 16.7. The van der Waals surface area contributed by atoms with Gasteiger partial charge < -0.3 is 20.3 Å². The largest absolute Gasteiger partial charge is 0.492 e. The molecule has 1 atom stereocenters. The van der Waals surface area contributed by atoms with Crippen molar-refractivity contribution < 1.29 is 14.3 Å². The van der Waals surface area contributed by atoms with Crippen LogP contribution in [0.1, 0.15) is 30.1 Å². The van der Waals surface area contributed by atoms with E-state index in [0.717, 1.165) is 19.4 Å². The van der Waals surface area contributed by atoms with Crippen molar-refractivity contribution in [3.05, 3.63) is 23.8 Å². The van der Waals surface area contributed by atoms with Crippen molar-refractivity contribution in [2.45, 2.75) is 19.8 Å². The summed E-state index contributed by atoms with van der Waals surface area (Å²) in [4.78, 5) is 25.9. The molecule has 1 aliphatic heterocycles. The summed E-state index contributed by atoms with van der Waals surface area (Å²) in [7, 11) is 3.41. The van der Waals surface area contributed by atoms with Crippen LogP contribution in [0.2, 0.25) is 0 Å². The number of piperidine rings is 1. The number of rotatable bonds is 5. The SMILES string of the molecule is CCOc1cc(C(=O)N(C)C)ccc1NC(=O)C1CCCNC1.Cl. The molecule has 1 fully saturated rings. The van der Waals surface area contributed by atoms with E-state index >= 15 is 0 Å². The fourth-order valence-corrected chi connectivity index (χ4v) is 2.60. The van der Waals surface area contributed by atoms with Crippen molar-refractivity contribution in [2.75, 3.05) is 39.1 Å². The molecular formula is C17H26ClN3O3. The Labute approximate surface area is 149 Å². The van der Waals surface area contributed by atoms with E-state index in [1.54, 1.807) is 32.3 Å². The Hall–Kier alpha value is -1.79. The third-order valence-electron chi connectivity index (χ3n) is 3.86. The van der Waals surface area contributed by atoms with Gasteiger partial charge in [0, 0.05) is 26.2 Å². The number of carbonyl (C=O) groups is 2. The predicted molar refractivity (Wildman–Crippen MR) is 97.1 cm³/mol. The molecule has 1 aromatic carbocycles. The van der Waals surface area contributed by atoms with Crippen molar-refractivity contribution in [1.29, 1.82) is 0 Å². The summed E-state index contributed by atoms with van der Waals surface area (Å²) in [5, 5.41) is 6.17. The quantitative estimate of drug-likeness (QED) is 0.849. The average Bonchev–Trinajstić information content (AvgIpc) is 2.56. The van der Waals surface area contributed by atoms with Crippen LogP contribution in [-0.2, 0) is 4.79 Å². The summed E-state index contributed by atoms with van der Waals surface area (Å²) >= 11 is 0. The molecule has 0 spiro atoms. The van der Waals surface area contributed by atoms with Gasteiger partial charge in [-0.3, -0.25) is 9.59 Å². The van der Waals surface area contributed by atoms with Gasteiger partial charge >= 0.3 is 0 Å². The van der Waals surface area contributed by atoms with Crippen LogP contribution in [0.4, 0.5) is 5.69 Å². The molecule has 1 aromatic rings.